The molecule has 0 aliphatic rings. The van der Waals surface area contributed by atoms with Crippen molar-refractivity contribution in [1.29, 1.82) is 0 Å². The normalized spacial score (nSPS) is 10.2. The van der Waals surface area contributed by atoms with Crippen LogP contribution in [0.1, 0.15) is 10.5 Å². The van der Waals surface area contributed by atoms with Gasteiger partial charge in [-0.2, -0.15) is 0 Å². The van der Waals surface area contributed by atoms with Crippen LogP contribution in [0.3, 0.4) is 0 Å². The number of nitrogens with zero attached hydrogens (tertiary/aromatic N) is 1. The maximum Gasteiger partial charge on any atom is 0.358 e. The molecule has 1 amide bonds. The minimum absolute atomic E-state index is 0.202. The molecule has 0 saturated carbocycles. The van der Waals surface area contributed by atoms with Crippen molar-refractivity contribution in [3.05, 3.63) is 41.4 Å². The van der Waals surface area contributed by atoms with Crippen LogP contribution in [0.15, 0.2) is 35.7 Å². The van der Waals surface area contributed by atoms with Crippen molar-refractivity contribution in [2.45, 2.75) is 0 Å². The minimum Gasteiger partial charge on any atom is -0.451 e. The Morgan fingerprint density at radius 3 is 2.77 bits per heavy atom. The van der Waals surface area contributed by atoms with Gasteiger partial charge in [-0.1, -0.05) is 30.3 Å². The number of aromatic nitrogens is 1. The van der Waals surface area contributed by atoms with Crippen molar-refractivity contribution in [3.8, 4) is 10.6 Å². The molecule has 6 nitrogen and oxygen atoms in total. The predicted octanol–water partition coefficient (Wildman–Crippen LogP) is 1.73. The molecule has 0 spiro atoms. The molecule has 7 heteroatoms. The fraction of sp³-hybridized carbons (Fsp3) is 0.267. The number of amides is 1. The van der Waals surface area contributed by atoms with Gasteiger partial charge in [0.15, 0.2) is 12.3 Å². The third kappa shape index (κ3) is 4.64. The number of carbonyl (C=O) groups excluding carboxylic acids is 2. The van der Waals surface area contributed by atoms with Crippen LogP contribution in [0.25, 0.3) is 10.6 Å². The Morgan fingerprint density at radius 1 is 1.27 bits per heavy atom. The van der Waals surface area contributed by atoms with Crippen LogP contribution in [0.5, 0.6) is 0 Å². The molecule has 2 rings (SSSR count). The maximum atomic E-state index is 11.8. The summed E-state index contributed by atoms with van der Waals surface area (Å²) in [6.45, 7) is 0.453. The summed E-state index contributed by atoms with van der Waals surface area (Å²) in [6.07, 6.45) is 0. The average molecular weight is 320 g/mol. The van der Waals surface area contributed by atoms with Gasteiger partial charge < -0.3 is 14.8 Å². The summed E-state index contributed by atoms with van der Waals surface area (Å²) in [5, 5.41) is 4.91. The number of carbonyl (C=O) groups is 2. The SMILES string of the molecule is COCCNC(=O)COC(=O)c1csc(-c2ccccc2)n1. The minimum atomic E-state index is -0.611. The number of benzene rings is 1. The smallest absolute Gasteiger partial charge is 0.358 e. The zero-order valence-corrected chi connectivity index (χ0v) is 12.9. The quantitative estimate of drug-likeness (QED) is 0.621. The number of esters is 1. The lowest BCUT2D eigenvalue weighted by Gasteiger charge is -2.04. The van der Waals surface area contributed by atoms with Crippen LogP contribution in [-0.4, -0.2) is 43.7 Å². The lowest BCUT2D eigenvalue weighted by Crippen LogP contribution is -2.31. The molecular formula is C15H16N2O4S. The van der Waals surface area contributed by atoms with Gasteiger partial charge in [0.1, 0.15) is 5.01 Å². The predicted molar refractivity (Wildman–Crippen MR) is 82.7 cm³/mol. The third-order valence-electron chi connectivity index (χ3n) is 2.70. The van der Waals surface area contributed by atoms with E-state index in [9.17, 15) is 9.59 Å². The molecule has 1 aromatic heterocycles. The van der Waals surface area contributed by atoms with Gasteiger partial charge in [-0.05, 0) is 0 Å². The first-order valence-corrected chi connectivity index (χ1v) is 7.52. The number of methoxy groups -OCH3 is 1. The van der Waals surface area contributed by atoms with Gasteiger partial charge in [0.25, 0.3) is 5.91 Å². The second-order valence-electron chi connectivity index (χ2n) is 4.32. The van der Waals surface area contributed by atoms with E-state index in [2.05, 4.69) is 10.3 Å². The first kappa shape index (κ1) is 16.1. The molecule has 1 heterocycles. The second kappa shape index (κ2) is 8.26. The molecule has 0 aliphatic heterocycles. The highest BCUT2D eigenvalue weighted by Crippen LogP contribution is 2.23. The van der Waals surface area contributed by atoms with Crippen molar-refractivity contribution in [1.82, 2.24) is 10.3 Å². The summed E-state index contributed by atoms with van der Waals surface area (Å²) in [6, 6.07) is 9.54. The van der Waals surface area contributed by atoms with Gasteiger partial charge in [0.05, 0.1) is 6.61 Å². The van der Waals surface area contributed by atoms with Crippen LogP contribution in [-0.2, 0) is 14.3 Å². The average Bonchev–Trinajstić information content (AvgIpc) is 3.04. The van der Waals surface area contributed by atoms with Crippen molar-refractivity contribution >= 4 is 23.2 Å². The monoisotopic (exact) mass is 320 g/mol. The van der Waals surface area contributed by atoms with E-state index in [1.54, 1.807) is 12.5 Å². The van der Waals surface area contributed by atoms with Gasteiger partial charge in [-0.3, -0.25) is 4.79 Å². The Balaban J connectivity index is 1.86. The van der Waals surface area contributed by atoms with E-state index in [1.165, 1.54) is 11.3 Å². The number of rotatable bonds is 7. The molecule has 0 fully saturated rings. The molecule has 0 saturated heterocycles. The Hall–Kier alpha value is -2.25. The van der Waals surface area contributed by atoms with E-state index in [4.69, 9.17) is 9.47 Å². The van der Waals surface area contributed by atoms with Crippen LogP contribution < -0.4 is 5.32 Å². The summed E-state index contributed by atoms with van der Waals surface area (Å²) >= 11 is 1.35. The van der Waals surface area contributed by atoms with Crippen LogP contribution >= 0.6 is 11.3 Å². The Labute approximate surface area is 132 Å². The van der Waals surface area contributed by atoms with Crippen molar-refractivity contribution in [2.24, 2.45) is 0 Å². The lowest BCUT2D eigenvalue weighted by atomic mass is 10.2. The van der Waals surface area contributed by atoms with Gasteiger partial charge in [-0.15, -0.1) is 11.3 Å². The van der Waals surface area contributed by atoms with Gasteiger partial charge in [-0.25, -0.2) is 9.78 Å². The van der Waals surface area contributed by atoms with Gasteiger partial charge in [0, 0.05) is 24.6 Å². The van der Waals surface area contributed by atoms with E-state index < -0.39 is 5.97 Å². The molecule has 0 bridgehead atoms. The van der Waals surface area contributed by atoms with Crippen LogP contribution in [0, 0.1) is 0 Å². The molecule has 0 atom stereocenters. The summed E-state index contributed by atoms with van der Waals surface area (Å²) in [5.41, 5.74) is 1.14. The highest BCUT2D eigenvalue weighted by atomic mass is 32.1. The van der Waals surface area contributed by atoms with E-state index in [0.717, 1.165) is 10.6 Å². The first-order valence-electron chi connectivity index (χ1n) is 6.64. The lowest BCUT2D eigenvalue weighted by molar-refractivity contribution is -0.124. The Kier molecular flexibility index (Phi) is 6.05. The van der Waals surface area contributed by atoms with Gasteiger partial charge in [0.2, 0.25) is 0 Å². The highest BCUT2D eigenvalue weighted by molar-refractivity contribution is 7.13. The third-order valence-corrected chi connectivity index (χ3v) is 3.59. The zero-order chi connectivity index (χ0) is 15.8. The molecular weight excluding hydrogens is 304 g/mol. The summed E-state index contributed by atoms with van der Waals surface area (Å²) < 4.78 is 9.72. The number of nitrogens with one attached hydrogen (secondary N) is 1. The van der Waals surface area contributed by atoms with Crippen molar-refractivity contribution in [2.75, 3.05) is 26.9 Å². The van der Waals surface area contributed by atoms with E-state index in [0.29, 0.717) is 13.2 Å². The molecule has 0 unspecified atom stereocenters. The molecule has 22 heavy (non-hydrogen) atoms. The topological polar surface area (TPSA) is 77.5 Å². The van der Waals surface area contributed by atoms with Crippen molar-refractivity contribution < 1.29 is 19.1 Å². The van der Waals surface area contributed by atoms with Crippen molar-refractivity contribution in [3.63, 3.8) is 0 Å². The van der Waals surface area contributed by atoms with Crippen LogP contribution in [0.2, 0.25) is 0 Å². The fourth-order valence-corrected chi connectivity index (χ4v) is 2.42. The fourth-order valence-electron chi connectivity index (χ4n) is 1.63. The second-order valence-corrected chi connectivity index (χ2v) is 5.18. The molecule has 1 aromatic carbocycles. The molecule has 2 aromatic rings. The molecule has 0 radical (unpaired) electrons. The number of hydrogen-bond donors (Lipinski definition) is 1. The molecule has 1 N–H and O–H groups in total. The Bertz CT molecular complexity index is 627. The number of thiazole rings is 1. The maximum absolute atomic E-state index is 11.8. The number of ether oxygens (including phenoxy) is 2. The van der Waals surface area contributed by atoms with Gasteiger partial charge >= 0.3 is 5.97 Å². The molecule has 116 valence electrons. The Morgan fingerprint density at radius 2 is 2.05 bits per heavy atom. The van der Waals surface area contributed by atoms with Crippen LogP contribution in [0.4, 0.5) is 0 Å². The summed E-state index contributed by atoms with van der Waals surface area (Å²) in [5.74, 6) is -0.982. The largest absolute Gasteiger partial charge is 0.451 e. The van der Waals surface area contributed by atoms with E-state index in [1.807, 2.05) is 30.3 Å². The summed E-state index contributed by atoms with van der Waals surface area (Å²) in [7, 11) is 1.54. The highest BCUT2D eigenvalue weighted by Gasteiger charge is 2.14. The number of hydrogen-bond acceptors (Lipinski definition) is 6. The standard InChI is InChI=1S/C15H16N2O4S/c1-20-8-7-16-13(18)9-21-15(19)12-10-22-14(17-12)11-5-3-2-4-6-11/h2-6,10H,7-9H2,1H3,(H,16,18). The zero-order valence-electron chi connectivity index (χ0n) is 12.1. The molecule has 0 aliphatic carbocycles. The summed E-state index contributed by atoms with van der Waals surface area (Å²) in [4.78, 5) is 27.5. The van der Waals surface area contributed by atoms with E-state index in [-0.39, 0.29) is 18.2 Å². The van der Waals surface area contributed by atoms with E-state index >= 15 is 0 Å². The first-order chi connectivity index (χ1) is 10.7.